The van der Waals surface area contributed by atoms with E-state index in [2.05, 4.69) is 34.1 Å². The number of nitrogens with one attached hydrogen (secondary N) is 1. The summed E-state index contributed by atoms with van der Waals surface area (Å²) in [6.07, 6.45) is 6.66. The summed E-state index contributed by atoms with van der Waals surface area (Å²) in [6.45, 7) is 0. The molecular formula is C16H19N3. The Morgan fingerprint density at radius 2 is 2.00 bits per heavy atom. The van der Waals surface area contributed by atoms with Crippen LogP contribution in [0, 0.1) is 0 Å². The fourth-order valence-electron chi connectivity index (χ4n) is 4.15. The minimum Gasteiger partial charge on any atom is -0.325 e. The fraction of sp³-hybridized carbons (Fsp3) is 0.562. The highest BCUT2D eigenvalue weighted by molar-refractivity contribution is 5.76. The average Bonchev–Trinajstić information content (AvgIpc) is 2.91. The number of rotatable bonds is 2. The summed E-state index contributed by atoms with van der Waals surface area (Å²) in [6, 6.07) is 10.8. The van der Waals surface area contributed by atoms with Crippen molar-refractivity contribution in [3.63, 3.8) is 0 Å². The molecule has 1 aromatic heterocycles. The maximum atomic E-state index is 5.00. The smallest absolute Gasteiger partial charge is 0.114 e. The maximum absolute atomic E-state index is 5.00. The Labute approximate surface area is 113 Å². The molecule has 0 radical (unpaired) electrons. The van der Waals surface area contributed by atoms with E-state index in [9.17, 15) is 0 Å². The number of hydrogen-bond acceptors (Lipinski definition) is 2. The second-order valence-electron chi connectivity index (χ2n) is 6.45. The first-order valence-corrected chi connectivity index (χ1v) is 7.63. The van der Waals surface area contributed by atoms with E-state index in [-0.39, 0.29) is 0 Å². The lowest BCUT2D eigenvalue weighted by molar-refractivity contribution is 0.470. The molecule has 0 amide bonds. The minimum absolute atomic E-state index is 0.645. The van der Waals surface area contributed by atoms with Gasteiger partial charge in [-0.3, -0.25) is 0 Å². The number of aromatic nitrogens is 2. The molecule has 2 bridgehead atoms. The number of para-hydroxylation sites is 2. The molecular weight excluding hydrogens is 234 g/mol. The van der Waals surface area contributed by atoms with Gasteiger partial charge in [-0.25, -0.2) is 4.98 Å². The van der Waals surface area contributed by atoms with Gasteiger partial charge in [0.25, 0.3) is 0 Å². The van der Waals surface area contributed by atoms with Gasteiger partial charge in [-0.1, -0.05) is 12.1 Å². The van der Waals surface area contributed by atoms with Crippen LogP contribution in [0.15, 0.2) is 24.3 Å². The molecule has 3 aliphatic rings. The van der Waals surface area contributed by atoms with Crippen molar-refractivity contribution in [3.8, 4) is 0 Å². The van der Waals surface area contributed by atoms with Crippen LogP contribution in [0.2, 0.25) is 0 Å². The molecule has 3 unspecified atom stereocenters. The molecule has 0 spiro atoms. The van der Waals surface area contributed by atoms with Gasteiger partial charge in [-0.15, -0.1) is 0 Å². The summed E-state index contributed by atoms with van der Waals surface area (Å²) in [5.41, 5.74) is 2.54. The number of imidazole rings is 1. The van der Waals surface area contributed by atoms with Crippen molar-refractivity contribution >= 4 is 11.0 Å². The molecule has 5 rings (SSSR count). The van der Waals surface area contributed by atoms with Crippen LogP contribution < -0.4 is 5.32 Å². The SMILES string of the molecule is c1ccc2c(c1)nc(C1CC3CCC1N3)n2C1CC1. The normalized spacial score (nSPS) is 33.4. The Hall–Kier alpha value is -1.35. The summed E-state index contributed by atoms with van der Waals surface area (Å²) in [5.74, 6) is 2.01. The summed E-state index contributed by atoms with van der Waals surface area (Å²) in [7, 11) is 0. The van der Waals surface area contributed by atoms with Crippen LogP contribution >= 0.6 is 0 Å². The van der Waals surface area contributed by atoms with Gasteiger partial charge >= 0.3 is 0 Å². The minimum atomic E-state index is 0.645. The molecule has 3 atom stereocenters. The Morgan fingerprint density at radius 1 is 1.11 bits per heavy atom. The van der Waals surface area contributed by atoms with Gasteiger partial charge in [0.05, 0.1) is 11.0 Å². The lowest BCUT2D eigenvalue weighted by atomic mass is 9.88. The Morgan fingerprint density at radius 3 is 2.74 bits per heavy atom. The Balaban J connectivity index is 1.68. The zero-order valence-electron chi connectivity index (χ0n) is 11.0. The van der Waals surface area contributed by atoms with Crippen LogP contribution in [0.1, 0.15) is 49.9 Å². The molecule has 3 fully saturated rings. The Kier molecular flexibility index (Phi) is 1.98. The van der Waals surface area contributed by atoms with Crippen LogP contribution in [0.3, 0.4) is 0 Å². The predicted octanol–water partition coefficient (Wildman–Crippen LogP) is 2.98. The summed E-state index contributed by atoms with van der Waals surface area (Å²) in [4.78, 5) is 5.00. The lowest BCUT2D eigenvalue weighted by Gasteiger charge is -2.21. The van der Waals surface area contributed by atoms with Crippen molar-refractivity contribution in [2.45, 2.75) is 56.1 Å². The first kappa shape index (κ1) is 10.4. The van der Waals surface area contributed by atoms with Gasteiger partial charge in [0.2, 0.25) is 0 Å². The zero-order chi connectivity index (χ0) is 12.4. The van der Waals surface area contributed by atoms with E-state index in [0.717, 1.165) is 12.1 Å². The van der Waals surface area contributed by atoms with Crippen molar-refractivity contribution in [2.24, 2.45) is 0 Å². The standard InChI is InChI=1S/C16H19N3/c1-2-4-15-14(3-1)18-16(19(15)11-6-7-11)12-9-10-5-8-13(12)17-10/h1-4,10-13,17H,5-9H2. The topological polar surface area (TPSA) is 29.9 Å². The largest absolute Gasteiger partial charge is 0.325 e. The molecule has 3 heteroatoms. The van der Waals surface area contributed by atoms with Crippen LogP contribution in [0.5, 0.6) is 0 Å². The zero-order valence-corrected chi connectivity index (χ0v) is 11.0. The van der Waals surface area contributed by atoms with E-state index in [0.29, 0.717) is 12.0 Å². The van der Waals surface area contributed by atoms with Gasteiger partial charge in [0.15, 0.2) is 0 Å². The molecule has 3 heterocycles. The number of benzene rings is 1. The molecule has 1 saturated carbocycles. The van der Waals surface area contributed by atoms with E-state index in [1.165, 1.54) is 49.0 Å². The van der Waals surface area contributed by atoms with Crippen molar-refractivity contribution in [2.75, 3.05) is 0 Å². The number of fused-ring (bicyclic) bond motifs is 3. The van der Waals surface area contributed by atoms with Crippen molar-refractivity contribution in [3.05, 3.63) is 30.1 Å². The average molecular weight is 253 g/mol. The van der Waals surface area contributed by atoms with Gasteiger partial charge < -0.3 is 9.88 Å². The van der Waals surface area contributed by atoms with Gasteiger partial charge in [0, 0.05) is 24.0 Å². The summed E-state index contributed by atoms with van der Waals surface area (Å²) in [5, 5.41) is 3.75. The molecule has 2 aromatic rings. The monoisotopic (exact) mass is 253 g/mol. The first-order valence-electron chi connectivity index (χ1n) is 7.63. The Bertz CT molecular complexity index is 640. The molecule has 19 heavy (non-hydrogen) atoms. The van der Waals surface area contributed by atoms with E-state index >= 15 is 0 Å². The van der Waals surface area contributed by atoms with Crippen molar-refractivity contribution < 1.29 is 0 Å². The molecule has 2 aliphatic heterocycles. The van der Waals surface area contributed by atoms with E-state index in [4.69, 9.17) is 4.98 Å². The molecule has 1 N–H and O–H groups in total. The third-order valence-electron chi connectivity index (χ3n) is 5.17. The van der Waals surface area contributed by atoms with Crippen molar-refractivity contribution in [1.29, 1.82) is 0 Å². The number of hydrogen-bond donors (Lipinski definition) is 1. The van der Waals surface area contributed by atoms with Crippen LogP contribution in [0.4, 0.5) is 0 Å². The van der Waals surface area contributed by atoms with Gasteiger partial charge in [-0.05, 0) is 44.2 Å². The second-order valence-corrected chi connectivity index (χ2v) is 6.45. The van der Waals surface area contributed by atoms with E-state index < -0.39 is 0 Å². The lowest BCUT2D eigenvalue weighted by Crippen LogP contribution is -2.23. The third kappa shape index (κ3) is 1.45. The van der Waals surface area contributed by atoms with Crippen LogP contribution in [-0.4, -0.2) is 21.6 Å². The quantitative estimate of drug-likeness (QED) is 0.891. The molecule has 3 nitrogen and oxygen atoms in total. The third-order valence-corrected chi connectivity index (χ3v) is 5.17. The maximum Gasteiger partial charge on any atom is 0.114 e. The van der Waals surface area contributed by atoms with Gasteiger partial charge in [0.1, 0.15) is 5.82 Å². The highest BCUT2D eigenvalue weighted by Gasteiger charge is 2.43. The molecule has 98 valence electrons. The van der Waals surface area contributed by atoms with Crippen LogP contribution in [-0.2, 0) is 0 Å². The van der Waals surface area contributed by atoms with E-state index in [1.807, 2.05) is 0 Å². The number of nitrogens with zero attached hydrogens (tertiary/aromatic N) is 2. The van der Waals surface area contributed by atoms with Crippen LogP contribution in [0.25, 0.3) is 11.0 Å². The highest BCUT2D eigenvalue weighted by Crippen LogP contribution is 2.45. The van der Waals surface area contributed by atoms with Gasteiger partial charge in [-0.2, -0.15) is 0 Å². The predicted molar refractivity (Wildman–Crippen MR) is 75.3 cm³/mol. The fourth-order valence-corrected chi connectivity index (χ4v) is 4.15. The molecule has 1 aliphatic carbocycles. The molecule has 2 saturated heterocycles. The second kappa shape index (κ2) is 3.60. The van der Waals surface area contributed by atoms with E-state index in [1.54, 1.807) is 0 Å². The summed E-state index contributed by atoms with van der Waals surface area (Å²) < 4.78 is 2.56. The highest BCUT2D eigenvalue weighted by atomic mass is 15.2. The summed E-state index contributed by atoms with van der Waals surface area (Å²) >= 11 is 0. The first-order chi connectivity index (χ1) is 9.40. The molecule has 1 aromatic carbocycles. The van der Waals surface area contributed by atoms with Crippen molar-refractivity contribution in [1.82, 2.24) is 14.9 Å².